The van der Waals surface area contributed by atoms with Gasteiger partial charge in [0.2, 0.25) is 5.95 Å². The Morgan fingerprint density at radius 1 is 1.24 bits per heavy atom. The van der Waals surface area contributed by atoms with E-state index in [1.165, 1.54) is 4.57 Å². The van der Waals surface area contributed by atoms with Crippen LogP contribution >= 0.6 is 11.8 Å². The Morgan fingerprint density at radius 3 is 3.00 bits per heavy atom. The number of nitrogens with one attached hydrogen (secondary N) is 1. The molecule has 0 radical (unpaired) electrons. The van der Waals surface area contributed by atoms with Crippen LogP contribution in [-0.4, -0.2) is 44.3 Å². The van der Waals surface area contributed by atoms with Crippen molar-refractivity contribution < 1.29 is 4.74 Å². The van der Waals surface area contributed by atoms with Crippen molar-refractivity contribution in [1.29, 1.82) is 0 Å². The molecular formula is C20H21N5O3S. The monoisotopic (exact) mass is 411 g/mol. The van der Waals surface area contributed by atoms with Crippen LogP contribution in [0.2, 0.25) is 0 Å². The number of rotatable bonds is 3. The van der Waals surface area contributed by atoms with Crippen LogP contribution in [0, 0.1) is 0 Å². The molecule has 2 aromatic heterocycles. The molecule has 2 aliphatic rings. The number of para-hydroxylation sites is 1. The van der Waals surface area contributed by atoms with E-state index in [0.717, 1.165) is 29.2 Å². The van der Waals surface area contributed by atoms with Gasteiger partial charge in [-0.15, -0.1) is 0 Å². The molecule has 0 spiro atoms. The standard InChI is InChI=1S/C20H21N5O3S/c1-24-19(27)13-4-2-3-5-15(13)21-20(24)22-16-9-28-10-17(16)25-18(26)8-12-11-29-7-6-14(12)23-25/h2-5,8,16-17H,6-7,9-11H2,1H3,(H,21,22). The molecule has 1 N–H and O–H groups in total. The van der Waals surface area contributed by atoms with Crippen LogP contribution in [0.1, 0.15) is 17.3 Å². The number of hydrogen-bond donors (Lipinski definition) is 1. The quantitative estimate of drug-likeness (QED) is 0.695. The molecule has 8 nitrogen and oxygen atoms in total. The summed E-state index contributed by atoms with van der Waals surface area (Å²) in [5.74, 6) is 2.31. The molecule has 0 aliphatic carbocycles. The molecule has 1 saturated heterocycles. The van der Waals surface area contributed by atoms with Gasteiger partial charge in [0, 0.05) is 25.3 Å². The summed E-state index contributed by atoms with van der Waals surface area (Å²) in [6.07, 6.45) is 0.868. The van der Waals surface area contributed by atoms with Crippen LogP contribution in [0.5, 0.6) is 0 Å². The lowest BCUT2D eigenvalue weighted by Gasteiger charge is -2.23. The molecular weight excluding hydrogens is 390 g/mol. The highest BCUT2D eigenvalue weighted by molar-refractivity contribution is 7.98. The summed E-state index contributed by atoms with van der Waals surface area (Å²) >= 11 is 1.82. The van der Waals surface area contributed by atoms with E-state index in [9.17, 15) is 9.59 Å². The number of anilines is 1. The van der Waals surface area contributed by atoms with Crippen LogP contribution in [0.3, 0.4) is 0 Å². The van der Waals surface area contributed by atoms with Gasteiger partial charge in [0.05, 0.1) is 35.9 Å². The minimum absolute atomic E-state index is 0.116. The maximum atomic E-state index is 12.7. The van der Waals surface area contributed by atoms with E-state index in [1.54, 1.807) is 23.9 Å². The van der Waals surface area contributed by atoms with Crippen LogP contribution in [0.25, 0.3) is 10.9 Å². The zero-order valence-electron chi connectivity index (χ0n) is 16.0. The zero-order valence-corrected chi connectivity index (χ0v) is 16.8. The first-order chi connectivity index (χ1) is 14.1. The Kier molecular flexibility index (Phi) is 4.63. The van der Waals surface area contributed by atoms with E-state index >= 15 is 0 Å². The van der Waals surface area contributed by atoms with Gasteiger partial charge in [-0.1, -0.05) is 12.1 Å². The first-order valence-electron chi connectivity index (χ1n) is 9.61. The first-order valence-corrected chi connectivity index (χ1v) is 10.8. The van der Waals surface area contributed by atoms with E-state index in [-0.39, 0.29) is 23.2 Å². The summed E-state index contributed by atoms with van der Waals surface area (Å²) < 4.78 is 8.71. The number of aryl methyl sites for hydroxylation is 1. The molecule has 4 heterocycles. The number of hydrogen-bond acceptors (Lipinski definition) is 7. The normalized spacial score (nSPS) is 21.3. The van der Waals surface area contributed by atoms with Gasteiger partial charge in [0.15, 0.2) is 0 Å². The summed E-state index contributed by atoms with van der Waals surface area (Å²) in [6, 6.07) is 8.50. The maximum Gasteiger partial charge on any atom is 0.267 e. The van der Waals surface area contributed by atoms with Gasteiger partial charge in [-0.25, -0.2) is 9.67 Å². The van der Waals surface area contributed by atoms with Gasteiger partial charge >= 0.3 is 0 Å². The van der Waals surface area contributed by atoms with Crippen LogP contribution < -0.4 is 16.4 Å². The molecule has 3 aromatic rings. The van der Waals surface area contributed by atoms with Gasteiger partial charge in [0.1, 0.15) is 6.04 Å². The third kappa shape index (κ3) is 3.24. The molecule has 1 aromatic carbocycles. The average molecular weight is 411 g/mol. The smallest absolute Gasteiger partial charge is 0.267 e. The van der Waals surface area contributed by atoms with Crippen molar-refractivity contribution in [3.63, 3.8) is 0 Å². The van der Waals surface area contributed by atoms with Crippen molar-refractivity contribution in [2.75, 3.05) is 24.3 Å². The molecule has 150 valence electrons. The van der Waals surface area contributed by atoms with Crippen molar-refractivity contribution in [3.8, 4) is 0 Å². The number of thioether (sulfide) groups is 1. The fourth-order valence-electron chi connectivity index (χ4n) is 3.90. The number of aromatic nitrogens is 4. The molecule has 9 heteroatoms. The van der Waals surface area contributed by atoms with Crippen molar-refractivity contribution in [1.82, 2.24) is 19.3 Å². The van der Waals surface area contributed by atoms with Crippen molar-refractivity contribution in [3.05, 3.63) is 62.3 Å². The topological polar surface area (TPSA) is 91.0 Å². The maximum absolute atomic E-state index is 12.7. The lowest BCUT2D eigenvalue weighted by atomic mass is 10.1. The Balaban J connectivity index is 1.50. The van der Waals surface area contributed by atoms with E-state index in [4.69, 9.17) is 4.74 Å². The Bertz CT molecular complexity index is 1200. The minimum Gasteiger partial charge on any atom is -0.377 e. The fourth-order valence-corrected chi connectivity index (χ4v) is 4.85. The predicted molar refractivity (Wildman–Crippen MR) is 113 cm³/mol. The SMILES string of the molecule is Cn1c(NC2COCC2n2nc3c(cc2=O)CSCC3)nc2ccccc2c1=O. The Morgan fingerprint density at radius 2 is 2.10 bits per heavy atom. The van der Waals surface area contributed by atoms with E-state index in [1.807, 2.05) is 30.0 Å². The van der Waals surface area contributed by atoms with Crippen LogP contribution in [-0.2, 0) is 24.0 Å². The summed E-state index contributed by atoms with van der Waals surface area (Å²) in [4.78, 5) is 30.0. The van der Waals surface area contributed by atoms with Gasteiger partial charge in [-0.05, 0) is 23.4 Å². The molecule has 2 aliphatic heterocycles. The van der Waals surface area contributed by atoms with E-state index in [0.29, 0.717) is 30.1 Å². The van der Waals surface area contributed by atoms with Gasteiger partial charge < -0.3 is 10.1 Å². The average Bonchev–Trinajstić information content (AvgIpc) is 3.19. The number of nitrogens with zero attached hydrogens (tertiary/aromatic N) is 4. The summed E-state index contributed by atoms with van der Waals surface area (Å²) in [5.41, 5.74) is 2.42. The second-order valence-electron chi connectivity index (χ2n) is 7.37. The Labute approximate surface area is 170 Å². The second-order valence-corrected chi connectivity index (χ2v) is 8.48. The van der Waals surface area contributed by atoms with Crippen molar-refractivity contribution in [2.24, 2.45) is 7.05 Å². The highest BCUT2D eigenvalue weighted by atomic mass is 32.2. The Hall–Kier alpha value is -2.65. The molecule has 2 unspecified atom stereocenters. The third-order valence-electron chi connectivity index (χ3n) is 5.53. The minimum atomic E-state index is -0.259. The van der Waals surface area contributed by atoms with Crippen molar-refractivity contribution >= 4 is 28.6 Å². The third-order valence-corrected chi connectivity index (χ3v) is 6.53. The summed E-state index contributed by atoms with van der Waals surface area (Å²) in [6.45, 7) is 0.800. The summed E-state index contributed by atoms with van der Waals surface area (Å²) in [7, 11) is 1.69. The number of ether oxygens (including phenoxy) is 1. The van der Waals surface area contributed by atoms with E-state index < -0.39 is 0 Å². The molecule has 0 bridgehead atoms. The molecule has 1 fully saturated rings. The molecule has 0 saturated carbocycles. The second kappa shape index (κ2) is 7.31. The highest BCUT2D eigenvalue weighted by Gasteiger charge is 2.33. The predicted octanol–water partition coefficient (Wildman–Crippen LogP) is 1.33. The van der Waals surface area contributed by atoms with Crippen molar-refractivity contribution in [2.45, 2.75) is 24.3 Å². The van der Waals surface area contributed by atoms with Gasteiger partial charge in [-0.2, -0.15) is 16.9 Å². The highest BCUT2D eigenvalue weighted by Crippen LogP contribution is 2.25. The number of fused-ring (bicyclic) bond motifs is 2. The zero-order chi connectivity index (χ0) is 20.0. The fraction of sp³-hybridized carbons (Fsp3) is 0.400. The van der Waals surface area contributed by atoms with E-state index in [2.05, 4.69) is 15.4 Å². The largest absolute Gasteiger partial charge is 0.377 e. The van der Waals surface area contributed by atoms with Crippen LogP contribution in [0.15, 0.2) is 39.9 Å². The lowest BCUT2D eigenvalue weighted by molar-refractivity contribution is 0.182. The van der Waals surface area contributed by atoms with Gasteiger partial charge in [0.25, 0.3) is 11.1 Å². The van der Waals surface area contributed by atoms with Gasteiger partial charge in [-0.3, -0.25) is 14.2 Å². The molecule has 2 atom stereocenters. The number of benzene rings is 1. The molecule has 29 heavy (non-hydrogen) atoms. The lowest BCUT2D eigenvalue weighted by Crippen LogP contribution is -2.39. The first kappa shape index (κ1) is 18.4. The molecule has 5 rings (SSSR count). The molecule has 0 amide bonds. The summed E-state index contributed by atoms with van der Waals surface area (Å²) in [5, 5.41) is 8.55. The van der Waals surface area contributed by atoms with Crippen LogP contribution in [0.4, 0.5) is 5.95 Å².